The van der Waals surface area contributed by atoms with Crippen LogP contribution in [0.15, 0.2) is 60.2 Å². The molecule has 6 unspecified atom stereocenters. The maximum absolute atomic E-state index is 15.2. The van der Waals surface area contributed by atoms with Crippen molar-refractivity contribution in [2.24, 2.45) is 17.8 Å². The summed E-state index contributed by atoms with van der Waals surface area (Å²) in [6, 6.07) is 12.2. The van der Waals surface area contributed by atoms with Crippen molar-refractivity contribution in [2.75, 3.05) is 18.0 Å². The molecule has 2 aliphatic carbocycles. The topological polar surface area (TPSA) is 98.2 Å². The highest BCUT2D eigenvalue weighted by atomic mass is 35.5. The quantitative estimate of drug-likeness (QED) is 0.0797. The summed E-state index contributed by atoms with van der Waals surface area (Å²) >= 11 is 14.2. The SMILES string of the molecule is O=C1C2CC=C3C(CC4(Cl)C(=O)N(c5c(F)c(F)c(F)c(F)c5F)C(=O)C4(Cl)C3c3ccc(O)c(F)c3)C2C(=O)N1C1CCN(Cc2ccccc2)CC1. The van der Waals surface area contributed by atoms with Crippen LogP contribution >= 0.6 is 23.2 Å². The number of amides is 4. The predicted octanol–water partition coefficient (Wildman–Crippen LogP) is 6.45. The van der Waals surface area contributed by atoms with Crippen molar-refractivity contribution in [3.63, 3.8) is 0 Å². The van der Waals surface area contributed by atoms with Gasteiger partial charge >= 0.3 is 0 Å². The minimum Gasteiger partial charge on any atom is -0.505 e. The molecule has 0 bridgehead atoms. The Morgan fingerprint density at radius 3 is 2.04 bits per heavy atom. The van der Waals surface area contributed by atoms with E-state index in [0.717, 1.165) is 23.8 Å². The van der Waals surface area contributed by atoms with Gasteiger partial charge in [-0.2, -0.15) is 0 Å². The third-order valence-electron chi connectivity index (χ3n) is 11.7. The van der Waals surface area contributed by atoms with Crippen molar-refractivity contribution in [1.29, 1.82) is 0 Å². The fourth-order valence-electron chi connectivity index (χ4n) is 9.20. The highest BCUT2D eigenvalue weighted by Crippen LogP contribution is 2.66. The second-order valence-corrected chi connectivity index (χ2v) is 15.7. The minimum atomic E-state index is -2.79. The summed E-state index contributed by atoms with van der Waals surface area (Å²) in [5.41, 5.74) is -0.759. The molecule has 3 aliphatic heterocycles. The van der Waals surface area contributed by atoms with Gasteiger partial charge in [-0.1, -0.05) is 48.0 Å². The Morgan fingerprint density at radius 2 is 1.41 bits per heavy atom. The summed E-state index contributed by atoms with van der Waals surface area (Å²) < 4.78 is 88.4. The molecule has 3 aromatic carbocycles. The van der Waals surface area contributed by atoms with Crippen LogP contribution in [0.1, 0.15) is 42.7 Å². The predicted molar refractivity (Wildman–Crippen MR) is 181 cm³/mol. The van der Waals surface area contributed by atoms with Crippen LogP contribution in [-0.2, 0) is 25.7 Å². The van der Waals surface area contributed by atoms with Gasteiger partial charge in [-0.05, 0) is 54.9 Å². The number of rotatable bonds is 5. The van der Waals surface area contributed by atoms with Gasteiger partial charge in [0.2, 0.25) is 17.6 Å². The van der Waals surface area contributed by atoms with Gasteiger partial charge in [0.25, 0.3) is 11.8 Å². The number of alkyl halides is 2. The van der Waals surface area contributed by atoms with E-state index in [9.17, 15) is 41.8 Å². The number of phenols is 1. The lowest BCUT2D eigenvalue weighted by atomic mass is 9.56. The van der Waals surface area contributed by atoms with Gasteiger partial charge < -0.3 is 5.11 Å². The third kappa shape index (κ3) is 5.01. The van der Waals surface area contributed by atoms with E-state index in [4.69, 9.17) is 23.2 Å². The molecule has 1 N–H and O–H groups in total. The first-order valence-electron chi connectivity index (χ1n) is 17.2. The molecule has 1 saturated carbocycles. The lowest BCUT2D eigenvalue weighted by Crippen LogP contribution is -2.60. The van der Waals surface area contributed by atoms with E-state index < -0.39 is 116 Å². The first kappa shape index (κ1) is 36.6. The zero-order chi connectivity index (χ0) is 38.6. The fraction of sp³-hybridized carbons (Fsp3) is 0.368. The number of phenolic OH excluding ortho intramolecular Hbond substituents is 1. The van der Waals surface area contributed by atoms with Crippen LogP contribution in [-0.4, -0.2) is 67.4 Å². The number of benzene rings is 3. The summed E-state index contributed by atoms with van der Waals surface area (Å²) in [7, 11) is 0. The highest BCUT2D eigenvalue weighted by Gasteiger charge is 2.77. The van der Waals surface area contributed by atoms with E-state index in [-0.39, 0.29) is 22.5 Å². The molecule has 4 amide bonds. The second kappa shape index (κ2) is 12.8. The molecule has 3 aromatic rings. The molecule has 5 aliphatic rings. The van der Waals surface area contributed by atoms with Gasteiger partial charge in [0, 0.05) is 31.6 Å². The Morgan fingerprint density at radius 1 is 0.778 bits per heavy atom. The summed E-state index contributed by atoms with van der Waals surface area (Å²) in [5.74, 6) is -23.6. The number of anilines is 1. The van der Waals surface area contributed by atoms with Crippen LogP contribution < -0.4 is 4.90 Å². The largest absolute Gasteiger partial charge is 0.505 e. The fourth-order valence-corrected chi connectivity index (χ4v) is 10.1. The van der Waals surface area contributed by atoms with Gasteiger partial charge in [0.05, 0.1) is 11.8 Å². The van der Waals surface area contributed by atoms with E-state index in [1.165, 1.54) is 11.0 Å². The monoisotopic (exact) mass is 791 g/mol. The molecule has 0 radical (unpaired) electrons. The molecule has 6 atom stereocenters. The standard InChI is InChI=1S/C38H29Cl2F6N3O5/c39-37-15-22-20(7-8-21-25(22)34(52)48(33(21)51)19-10-12-47(13-11-19)16-17-4-2-1-3-5-17)26(18-6-9-24(50)23(41)14-18)38(37,40)36(54)49(35(37)53)32-30(45)28(43)27(42)29(44)31(32)46/h1-7,9,14,19,21-22,25-26,50H,8,10-13,15-16H2. The molecule has 0 aromatic heterocycles. The number of fused-ring (bicyclic) bond motifs is 4. The van der Waals surface area contributed by atoms with Crippen molar-refractivity contribution in [3.8, 4) is 5.75 Å². The van der Waals surface area contributed by atoms with E-state index in [1.54, 1.807) is 0 Å². The van der Waals surface area contributed by atoms with Crippen LogP contribution in [0.5, 0.6) is 5.75 Å². The van der Waals surface area contributed by atoms with E-state index >= 15 is 8.78 Å². The number of allylic oxidation sites excluding steroid dienone is 2. The van der Waals surface area contributed by atoms with Gasteiger partial charge in [0.1, 0.15) is 5.69 Å². The number of hydrogen-bond donors (Lipinski definition) is 1. The van der Waals surface area contributed by atoms with Crippen LogP contribution in [0.3, 0.4) is 0 Å². The van der Waals surface area contributed by atoms with Crippen LogP contribution in [0.2, 0.25) is 0 Å². The maximum Gasteiger partial charge on any atom is 0.258 e. The Hall–Kier alpha value is -4.40. The molecule has 16 heteroatoms. The lowest BCUT2D eigenvalue weighted by molar-refractivity contribution is -0.144. The van der Waals surface area contributed by atoms with Crippen molar-refractivity contribution in [2.45, 2.75) is 53.9 Å². The molecule has 4 fully saturated rings. The Balaban J connectivity index is 1.18. The molecule has 8 nitrogen and oxygen atoms in total. The van der Waals surface area contributed by atoms with Crippen molar-refractivity contribution in [1.82, 2.24) is 9.80 Å². The van der Waals surface area contributed by atoms with Crippen LogP contribution in [0.4, 0.5) is 32.0 Å². The number of aromatic hydroxyl groups is 1. The van der Waals surface area contributed by atoms with Crippen LogP contribution in [0, 0.1) is 52.7 Å². The number of imide groups is 2. The molecule has 8 rings (SSSR count). The number of piperidine rings is 1. The summed E-state index contributed by atoms with van der Waals surface area (Å²) in [4.78, 5) is 54.8. The zero-order valence-corrected chi connectivity index (χ0v) is 29.5. The minimum absolute atomic E-state index is 0.0345. The molecule has 3 saturated heterocycles. The molecule has 54 heavy (non-hydrogen) atoms. The van der Waals surface area contributed by atoms with Gasteiger partial charge in [-0.25, -0.2) is 31.2 Å². The summed E-state index contributed by atoms with van der Waals surface area (Å²) in [6.45, 7) is 1.87. The van der Waals surface area contributed by atoms with E-state index in [1.807, 2.05) is 30.3 Å². The van der Waals surface area contributed by atoms with Crippen molar-refractivity contribution < 1.29 is 50.6 Å². The van der Waals surface area contributed by atoms with E-state index in [2.05, 4.69) is 4.90 Å². The number of carbonyl (C=O) groups excluding carboxylic acids is 4. The maximum atomic E-state index is 15.2. The average molecular weight is 793 g/mol. The molecule has 282 valence electrons. The first-order valence-corrected chi connectivity index (χ1v) is 18.0. The Bertz CT molecular complexity index is 2160. The van der Waals surface area contributed by atoms with Crippen molar-refractivity contribution in [3.05, 3.63) is 106 Å². The third-order valence-corrected chi connectivity index (χ3v) is 13.1. The number of hydrogen-bond acceptors (Lipinski definition) is 6. The molecule has 0 spiro atoms. The number of likely N-dealkylation sites (tertiary alicyclic amines) is 2. The van der Waals surface area contributed by atoms with Gasteiger partial charge in [-0.3, -0.25) is 29.0 Å². The van der Waals surface area contributed by atoms with Gasteiger partial charge in [-0.15, -0.1) is 23.2 Å². The highest BCUT2D eigenvalue weighted by molar-refractivity contribution is 6.58. The number of halogens is 8. The Kier molecular flexibility index (Phi) is 8.70. The summed E-state index contributed by atoms with van der Waals surface area (Å²) in [6.07, 6.45) is 1.81. The molecular weight excluding hydrogens is 763 g/mol. The average Bonchev–Trinajstić information content (AvgIpc) is 3.50. The number of carbonyl (C=O) groups is 4. The Labute approximate surface area is 313 Å². The summed E-state index contributed by atoms with van der Waals surface area (Å²) in [5, 5.41) is 9.97. The second-order valence-electron chi connectivity index (χ2n) is 14.4. The van der Waals surface area contributed by atoms with E-state index in [0.29, 0.717) is 32.5 Å². The molecule has 3 heterocycles. The number of nitrogens with zero attached hydrogens (tertiary/aromatic N) is 3. The van der Waals surface area contributed by atoms with Crippen molar-refractivity contribution >= 4 is 52.5 Å². The smallest absolute Gasteiger partial charge is 0.258 e. The first-order chi connectivity index (χ1) is 25.6. The van der Waals surface area contributed by atoms with Gasteiger partial charge in [0.15, 0.2) is 44.6 Å². The van der Waals surface area contributed by atoms with Crippen LogP contribution in [0.25, 0.3) is 0 Å². The lowest BCUT2D eigenvalue weighted by Gasteiger charge is -2.50. The molecular formula is C38H29Cl2F6N3O5. The zero-order valence-electron chi connectivity index (χ0n) is 28.0. The normalized spacial score (nSPS) is 30.1.